The van der Waals surface area contributed by atoms with Gasteiger partial charge in [0.1, 0.15) is 11.2 Å². The highest BCUT2D eigenvalue weighted by Crippen LogP contribution is 2.56. The summed E-state index contributed by atoms with van der Waals surface area (Å²) in [7, 11) is 0. The predicted molar refractivity (Wildman–Crippen MR) is 393 cm³/mol. The molecule has 2 heterocycles. The van der Waals surface area contributed by atoms with Crippen LogP contribution in [-0.2, 0) is 0 Å². The molecule has 16 rings (SSSR count). The Balaban J connectivity index is 1.00. The molecule has 4 nitrogen and oxygen atoms in total. The minimum atomic E-state index is 0.353. The second-order valence-corrected chi connectivity index (χ2v) is 28.2. The fourth-order valence-electron chi connectivity index (χ4n) is 16.6. The number of hydrogen-bond donors (Lipinski definition) is 0. The third-order valence-electron chi connectivity index (χ3n) is 21.4. The van der Waals surface area contributed by atoms with Gasteiger partial charge in [-0.15, -0.1) is 0 Å². The summed E-state index contributed by atoms with van der Waals surface area (Å²) >= 11 is 0. The highest BCUT2D eigenvalue weighted by atomic mass is 16.3. The van der Waals surface area contributed by atoms with Crippen LogP contribution in [0.1, 0.15) is 188 Å². The third kappa shape index (κ3) is 9.68. The largest absolute Gasteiger partial charge is 0.453 e. The summed E-state index contributed by atoms with van der Waals surface area (Å²) in [6, 6.07) is 79.1. The molecular formula is C88H84N2O2. The predicted octanol–water partition coefficient (Wildman–Crippen LogP) is 27.2. The van der Waals surface area contributed by atoms with Crippen LogP contribution in [-0.4, -0.2) is 0 Å². The van der Waals surface area contributed by atoms with Gasteiger partial charge >= 0.3 is 0 Å². The minimum absolute atomic E-state index is 0.353. The first-order valence-corrected chi connectivity index (χ1v) is 34.6. The molecule has 0 N–H and O–H groups in total. The van der Waals surface area contributed by atoms with Gasteiger partial charge in [0, 0.05) is 54.8 Å². The Kier molecular flexibility index (Phi) is 14.8. The van der Waals surface area contributed by atoms with Gasteiger partial charge in [-0.2, -0.15) is 0 Å². The first-order valence-electron chi connectivity index (χ1n) is 34.6. The monoisotopic (exact) mass is 1200 g/mol. The molecule has 2 saturated carbocycles. The van der Waals surface area contributed by atoms with Gasteiger partial charge in [-0.25, -0.2) is 0 Å². The first kappa shape index (κ1) is 58.0. The molecule has 0 aliphatic heterocycles. The van der Waals surface area contributed by atoms with E-state index in [-0.39, 0.29) is 0 Å². The molecule has 14 aromatic rings. The maximum absolute atomic E-state index is 7.53. The molecule has 0 unspecified atom stereocenters. The van der Waals surface area contributed by atoms with Crippen molar-refractivity contribution in [1.82, 2.24) is 0 Å². The maximum atomic E-state index is 7.53. The molecule has 458 valence electrons. The van der Waals surface area contributed by atoms with E-state index in [1.54, 1.807) is 0 Å². The summed E-state index contributed by atoms with van der Waals surface area (Å²) in [5.74, 6) is 2.31. The molecule has 0 bridgehead atoms. The van der Waals surface area contributed by atoms with Crippen molar-refractivity contribution < 1.29 is 8.83 Å². The topological polar surface area (TPSA) is 32.8 Å². The molecule has 2 fully saturated rings. The number of anilines is 6. The zero-order chi connectivity index (χ0) is 62.5. The van der Waals surface area contributed by atoms with Crippen molar-refractivity contribution in [1.29, 1.82) is 0 Å². The molecule has 2 aliphatic carbocycles. The second kappa shape index (κ2) is 23.5. The van der Waals surface area contributed by atoms with Gasteiger partial charge in [-0.3, -0.25) is 0 Å². The van der Waals surface area contributed by atoms with Crippen molar-refractivity contribution in [3.05, 3.63) is 240 Å². The van der Waals surface area contributed by atoms with Gasteiger partial charge in [-0.05, 0) is 176 Å². The molecule has 4 heteroatoms. The van der Waals surface area contributed by atoms with Crippen LogP contribution < -0.4 is 9.80 Å². The van der Waals surface area contributed by atoms with Gasteiger partial charge in [0.2, 0.25) is 0 Å². The molecule has 0 saturated heterocycles. The van der Waals surface area contributed by atoms with E-state index in [1.807, 2.05) is 0 Å². The Morgan fingerprint density at radius 1 is 0.293 bits per heavy atom. The van der Waals surface area contributed by atoms with E-state index in [9.17, 15) is 0 Å². The van der Waals surface area contributed by atoms with E-state index in [0.717, 1.165) is 77.8 Å². The number of nitrogens with zero attached hydrogens (tertiary/aromatic N) is 2. The number of fused-ring (bicyclic) bond motifs is 6. The van der Waals surface area contributed by atoms with E-state index >= 15 is 0 Å². The number of furan rings is 2. The van der Waals surface area contributed by atoms with Crippen LogP contribution in [0.25, 0.3) is 98.4 Å². The van der Waals surface area contributed by atoms with Crippen molar-refractivity contribution >= 4 is 110 Å². The Morgan fingerprint density at radius 3 is 1.02 bits per heavy atom. The Morgan fingerprint density at radius 2 is 0.641 bits per heavy atom. The minimum Gasteiger partial charge on any atom is -0.453 e. The van der Waals surface area contributed by atoms with Crippen LogP contribution >= 0.6 is 0 Å². The SMILES string of the molecule is CC(C)c1ccc(N(c2cc(C3CCCCC3)c3ccc4c(N(c5ccc(C(C)C)cc5)c5cccc6c5oc5c(-c7ccccc7C(C)C)cccc56)cc(C5CCCCC5)c5ccc2c3c54)c2cccc3c2oc2c(-c4ccccc4C(C)C)cccc23)cc1. The van der Waals surface area contributed by atoms with E-state index in [2.05, 4.69) is 271 Å². The van der Waals surface area contributed by atoms with Crippen LogP contribution in [0.5, 0.6) is 0 Å². The summed E-state index contributed by atoms with van der Waals surface area (Å²) < 4.78 is 15.1. The first-order chi connectivity index (χ1) is 45.0. The van der Waals surface area contributed by atoms with Crippen LogP contribution in [0.2, 0.25) is 0 Å². The van der Waals surface area contributed by atoms with Crippen LogP contribution in [0.4, 0.5) is 34.1 Å². The van der Waals surface area contributed by atoms with Gasteiger partial charge in [0.15, 0.2) is 11.2 Å². The molecular weight excluding hydrogens is 1120 g/mol. The molecule has 0 spiro atoms. The maximum Gasteiger partial charge on any atom is 0.159 e. The van der Waals surface area contributed by atoms with Crippen LogP contribution in [0.15, 0.2) is 215 Å². The number of hydrogen-bond acceptors (Lipinski definition) is 4. The fourth-order valence-corrected chi connectivity index (χ4v) is 16.6. The standard InChI is InChI=1S/C88H84N2O2/c1-53(2)57-39-43-61(44-40-57)89(79-37-21-35-73-71-33-19-31-69(85(71)91-87(73)79)65-29-17-15-27-63(65)55(5)6)81-51-77(59-23-11-9-12-24-59)67-48-50-76-82(52-78(60-25-13-10-14-26-60)68-47-49-75(81)83(67)84(68)76)90(62-45-41-58(42-46-62)54(3)4)80-38-22-36-74-72-34-20-32-70(86(72)92-88(74)80)66-30-18-16-28-64(66)56(7)8/h15-22,27-56,59-60H,9-14,23-26H2,1-8H3. The second-order valence-electron chi connectivity index (χ2n) is 28.2. The lowest BCUT2D eigenvalue weighted by Gasteiger charge is -2.33. The molecule has 0 atom stereocenters. The van der Waals surface area contributed by atoms with Gasteiger partial charge in [0.05, 0.1) is 22.7 Å². The summed E-state index contributed by atoms with van der Waals surface area (Å²) in [4.78, 5) is 5.16. The molecule has 0 radical (unpaired) electrons. The molecule has 2 aromatic heterocycles. The Hall–Kier alpha value is -9.12. The summed E-state index contributed by atoms with van der Waals surface area (Å²) in [6.07, 6.45) is 12.2. The van der Waals surface area contributed by atoms with Crippen molar-refractivity contribution in [3.63, 3.8) is 0 Å². The van der Waals surface area contributed by atoms with Crippen molar-refractivity contribution in [2.24, 2.45) is 0 Å². The smallest absolute Gasteiger partial charge is 0.159 e. The van der Waals surface area contributed by atoms with Crippen molar-refractivity contribution in [3.8, 4) is 22.3 Å². The number of rotatable bonds is 14. The van der Waals surface area contributed by atoms with Gasteiger partial charge < -0.3 is 18.6 Å². The van der Waals surface area contributed by atoms with E-state index in [1.165, 1.54) is 152 Å². The van der Waals surface area contributed by atoms with E-state index in [4.69, 9.17) is 8.83 Å². The highest BCUT2D eigenvalue weighted by Gasteiger charge is 2.32. The molecule has 12 aromatic carbocycles. The normalized spacial score (nSPS) is 14.6. The Labute approximate surface area is 542 Å². The quantitative estimate of drug-likeness (QED) is 0.102. The lowest BCUT2D eigenvalue weighted by atomic mass is 9.77. The summed E-state index contributed by atoms with van der Waals surface area (Å²) in [5, 5.41) is 12.5. The van der Waals surface area contributed by atoms with Crippen molar-refractivity contribution in [2.45, 2.75) is 155 Å². The fraction of sp³-hybridized carbons (Fsp3) is 0.273. The Bertz CT molecular complexity index is 4760. The van der Waals surface area contributed by atoms with Crippen LogP contribution in [0.3, 0.4) is 0 Å². The number of benzene rings is 12. The highest BCUT2D eigenvalue weighted by molar-refractivity contribution is 6.30. The van der Waals surface area contributed by atoms with Crippen LogP contribution in [0, 0.1) is 0 Å². The lowest BCUT2D eigenvalue weighted by Crippen LogP contribution is -2.15. The van der Waals surface area contributed by atoms with Gasteiger partial charge in [-0.1, -0.05) is 252 Å². The molecule has 2 aliphatic rings. The van der Waals surface area contributed by atoms with Gasteiger partial charge in [0.25, 0.3) is 0 Å². The lowest BCUT2D eigenvalue weighted by molar-refractivity contribution is 0.445. The zero-order valence-electron chi connectivity index (χ0n) is 54.9. The van der Waals surface area contributed by atoms with E-state index in [0.29, 0.717) is 35.5 Å². The van der Waals surface area contributed by atoms with E-state index < -0.39 is 0 Å². The molecule has 0 amide bonds. The van der Waals surface area contributed by atoms with Crippen molar-refractivity contribution in [2.75, 3.05) is 9.80 Å². The average molecular weight is 1200 g/mol. The molecule has 92 heavy (non-hydrogen) atoms. The zero-order valence-corrected chi connectivity index (χ0v) is 54.9. The number of para-hydroxylation sites is 4. The average Bonchev–Trinajstić information content (AvgIpc) is 0.753. The third-order valence-corrected chi connectivity index (χ3v) is 21.4. The summed E-state index contributed by atoms with van der Waals surface area (Å²) in [6.45, 7) is 18.4. The summed E-state index contributed by atoms with van der Waals surface area (Å²) in [5.41, 5.74) is 23.3.